The Morgan fingerprint density at radius 3 is 2.23 bits per heavy atom. The van der Waals surface area contributed by atoms with Crippen LogP contribution in [0.25, 0.3) is 0 Å². The van der Waals surface area contributed by atoms with Crippen LogP contribution in [0.15, 0.2) is 60.8 Å². The Hall–Kier alpha value is -4.21. The second-order valence-corrected chi connectivity index (χ2v) is 6.83. The lowest BCUT2D eigenvalue weighted by Crippen LogP contribution is -2.23. The molecule has 1 amide bonds. The lowest BCUT2D eigenvalue weighted by molar-refractivity contribution is -0.275. The van der Waals surface area contributed by atoms with Crippen molar-refractivity contribution >= 4 is 19.0 Å². The highest BCUT2D eigenvalue weighted by Gasteiger charge is 2.32. The number of ether oxygens (including phenoxy) is 2. The predicted octanol–water partition coefficient (Wildman–Crippen LogP) is 5.34. The maximum absolute atomic E-state index is 12.5. The van der Waals surface area contributed by atoms with Gasteiger partial charge in [0.2, 0.25) is 5.88 Å². The van der Waals surface area contributed by atoms with Crippen LogP contribution in [0.5, 0.6) is 17.4 Å². The number of aromatic nitrogens is 1. The Labute approximate surface area is 200 Å². The molecule has 0 aliphatic carbocycles. The average Bonchev–Trinajstić information content (AvgIpc) is 2.81. The fourth-order valence-corrected chi connectivity index (χ4v) is 2.75. The molecule has 0 bridgehead atoms. The third-order valence-corrected chi connectivity index (χ3v) is 4.23. The number of alkyl halides is 3. The van der Waals surface area contributed by atoms with E-state index in [1.807, 2.05) is 38.8 Å². The van der Waals surface area contributed by atoms with E-state index in [2.05, 4.69) is 15.0 Å². The van der Waals surface area contributed by atoms with Crippen LogP contribution in [0, 0.1) is 13.8 Å². The van der Waals surface area contributed by atoms with Gasteiger partial charge in [0.05, 0.1) is 5.56 Å². The molecule has 0 fully saturated rings. The van der Waals surface area contributed by atoms with Gasteiger partial charge in [-0.05, 0) is 50.1 Å². The number of rotatable bonds is 6. The summed E-state index contributed by atoms with van der Waals surface area (Å²) >= 11 is 0. The highest BCUT2D eigenvalue weighted by molar-refractivity contribution is 5.93. The van der Waals surface area contributed by atoms with Gasteiger partial charge in [0, 0.05) is 18.8 Å². The monoisotopic (exact) mass is 490 g/mol. The fourth-order valence-electron chi connectivity index (χ4n) is 2.75. The van der Waals surface area contributed by atoms with Gasteiger partial charge in [-0.1, -0.05) is 35.9 Å². The van der Waals surface area contributed by atoms with E-state index in [0.717, 1.165) is 29.0 Å². The molecule has 35 heavy (non-hydrogen) atoms. The molecular weight excluding hydrogens is 465 g/mol. The van der Waals surface area contributed by atoms with Gasteiger partial charge in [-0.2, -0.15) is 0 Å². The number of carbonyl (C=O) groups is 3. The molecule has 2 aromatic carbocycles. The average molecular weight is 490 g/mol. The van der Waals surface area contributed by atoms with Gasteiger partial charge >= 0.3 is 6.36 Å². The Bertz CT molecular complexity index is 1100. The highest BCUT2D eigenvalue weighted by atomic mass is 19.4. The van der Waals surface area contributed by atoms with E-state index in [-0.39, 0.29) is 17.5 Å². The number of amides is 1. The summed E-state index contributed by atoms with van der Waals surface area (Å²) in [6.45, 7) is 7.78. The summed E-state index contributed by atoms with van der Waals surface area (Å²) < 4.78 is 46.8. The smallest absolute Gasteiger partial charge is 0.435 e. The van der Waals surface area contributed by atoms with Crippen LogP contribution in [0.3, 0.4) is 0 Å². The van der Waals surface area contributed by atoms with Crippen molar-refractivity contribution in [3.05, 3.63) is 83.0 Å². The van der Waals surface area contributed by atoms with E-state index in [1.54, 1.807) is 0 Å². The maximum Gasteiger partial charge on any atom is 0.573 e. The van der Waals surface area contributed by atoms with Gasteiger partial charge in [-0.15, -0.1) is 13.2 Å². The molecule has 3 aromatic rings. The second-order valence-electron chi connectivity index (χ2n) is 6.83. The number of pyridine rings is 1. The van der Waals surface area contributed by atoms with Crippen LogP contribution in [-0.2, 0) is 16.1 Å². The minimum absolute atomic E-state index is 0.0270. The van der Waals surface area contributed by atoms with Crippen molar-refractivity contribution in [2.75, 3.05) is 0 Å². The Morgan fingerprint density at radius 1 is 1.06 bits per heavy atom. The molecule has 1 aromatic heterocycles. The number of aldehydes is 1. The van der Waals surface area contributed by atoms with Gasteiger partial charge in [0.15, 0.2) is 11.5 Å². The molecule has 186 valence electrons. The highest BCUT2D eigenvalue weighted by Crippen LogP contribution is 2.34. The van der Waals surface area contributed by atoms with Crippen molar-refractivity contribution in [2.45, 2.75) is 33.7 Å². The van der Waals surface area contributed by atoms with Gasteiger partial charge in [-0.25, -0.2) is 4.98 Å². The molecule has 0 radical (unpaired) electrons. The molecule has 7 nitrogen and oxygen atoms in total. The first-order valence-electron chi connectivity index (χ1n) is 10.1. The van der Waals surface area contributed by atoms with E-state index in [9.17, 15) is 18.0 Å². The summed E-state index contributed by atoms with van der Waals surface area (Å²) in [6.07, 6.45) is -2.80. The Balaban J connectivity index is 0.00000114. The van der Waals surface area contributed by atoms with Crippen molar-refractivity contribution < 1.29 is 37.0 Å². The number of benzene rings is 2. The summed E-state index contributed by atoms with van der Waals surface area (Å²) in [5.74, 6) is -0.926. The maximum atomic E-state index is 12.5. The predicted molar refractivity (Wildman–Crippen MR) is 123 cm³/mol. The van der Waals surface area contributed by atoms with Gasteiger partial charge in [0.25, 0.3) is 5.91 Å². The first kappa shape index (κ1) is 28.8. The number of aryl methyl sites for hydroxylation is 2. The molecule has 3 rings (SSSR count). The number of carbonyl (C=O) groups excluding carboxylic acids is 3. The van der Waals surface area contributed by atoms with Crippen molar-refractivity contribution in [2.24, 2.45) is 0 Å². The van der Waals surface area contributed by atoms with Crippen molar-refractivity contribution in [1.29, 1.82) is 0 Å². The van der Waals surface area contributed by atoms with Crippen LogP contribution in [0.4, 0.5) is 13.2 Å². The van der Waals surface area contributed by atoms with Crippen LogP contribution in [-0.4, -0.2) is 30.3 Å². The number of hydrogen-bond acceptors (Lipinski definition) is 6. The van der Waals surface area contributed by atoms with Crippen molar-refractivity contribution in [3.8, 4) is 17.4 Å². The van der Waals surface area contributed by atoms with E-state index in [0.29, 0.717) is 12.1 Å². The lowest BCUT2D eigenvalue weighted by atomic mass is 10.1. The minimum atomic E-state index is -4.84. The van der Waals surface area contributed by atoms with E-state index >= 15 is 0 Å². The van der Waals surface area contributed by atoms with Crippen LogP contribution < -0.4 is 14.8 Å². The zero-order chi connectivity index (χ0) is 26.4. The zero-order valence-corrected chi connectivity index (χ0v) is 19.4. The van der Waals surface area contributed by atoms with E-state index in [1.165, 1.54) is 43.5 Å². The minimum Gasteiger partial charge on any atom is -0.435 e. The molecule has 0 aliphatic heterocycles. The van der Waals surface area contributed by atoms with Gasteiger partial charge < -0.3 is 24.4 Å². The van der Waals surface area contributed by atoms with Crippen molar-refractivity contribution in [1.82, 2.24) is 10.3 Å². The molecule has 10 heteroatoms. The zero-order valence-electron chi connectivity index (χ0n) is 19.4. The SMILES string of the molecule is C=O.CC=O.Cc1ccc(CNC(=O)c2ccc(Oc3ccccc3OC(F)(F)F)nc2)c(C)c1. The number of nitrogens with zero attached hydrogens (tertiary/aromatic N) is 1. The second kappa shape index (κ2) is 14.1. The molecule has 0 saturated carbocycles. The first-order chi connectivity index (χ1) is 16.6. The van der Waals surface area contributed by atoms with E-state index < -0.39 is 12.1 Å². The number of nitrogens with one attached hydrogen (secondary N) is 1. The molecule has 1 heterocycles. The molecule has 0 aliphatic rings. The molecule has 0 spiro atoms. The van der Waals surface area contributed by atoms with Crippen molar-refractivity contribution in [3.63, 3.8) is 0 Å². The largest absolute Gasteiger partial charge is 0.573 e. The number of halogens is 3. The normalized spacial score (nSPS) is 10.0. The summed E-state index contributed by atoms with van der Waals surface area (Å²) in [6, 6.07) is 14.2. The number of hydrogen-bond donors (Lipinski definition) is 1. The molecule has 0 unspecified atom stereocenters. The Morgan fingerprint density at radius 2 is 1.69 bits per heavy atom. The van der Waals surface area contributed by atoms with Crippen LogP contribution >= 0.6 is 0 Å². The van der Waals surface area contributed by atoms with Gasteiger partial charge in [0.1, 0.15) is 13.1 Å². The van der Waals surface area contributed by atoms with E-state index in [4.69, 9.17) is 14.3 Å². The quantitative estimate of drug-likeness (QED) is 0.469. The summed E-state index contributed by atoms with van der Waals surface area (Å²) in [4.78, 5) is 33.1. The molecule has 1 N–H and O–H groups in total. The number of para-hydroxylation sites is 2. The van der Waals surface area contributed by atoms with Crippen LogP contribution in [0.2, 0.25) is 0 Å². The summed E-state index contributed by atoms with van der Waals surface area (Å²) in [5.41, 5.74) is 3.52. The summed E-state index contributed by atoms with van der Waals surface area (Å²) in [5, 5.41) is 2.81. The fraction of sp³-hybridized carbons (Fsp3) is 0.200. The first-order valence-corrected chi connectivity index (χ1v) is 10.1. The molecule has 0 saturated heterocycles. The lowest BCUT2D eigenvalue weighted by Gasteiger charge is -2.13. The Kier molecular flexibility index (Phi) is 11.6. The summed E-state index contributed by atoms with van der Waals surface area (Å²) in [7, 11) is 0. The molecular formula is C25H25F3N2O5. The molecule has 0 atom stereocenters. The van der Waals surface area contributed by atoms with Crippen LogP contribution in [0.1, 0.15) is 34.0 Å². The third-order valence-electron chi connectivity index (χ3n) is 4.23. The standard InChI is InChI=1S/C22H19F3N2O3.C2H4O.CH2O/c1-14-7-8-16(15(2)11-14)12-27-21(28)17-9-10-20(26-13-17)29-18-5-3-4-6-19(18)30-22(23,24)25;1-2-3;1-2/h3-11,13H,12H2,1-2H3,(H,27,28);2H,1H3;1H2. The third kappa shape index (κ3) is 10.1. The topological polar surface area (TPSA) is 94.6 Å². The van der Waals surface area contributed by atoms with Gasteiger partial charge in [-0.3, -0.25) is 4.79 Å².